The predicted molar refractivity (Wildman–Crippen MR) is 92.7 cm³/mol. The van der Waals surface area contributed by atoms with Gasteiger partial charge in [0.2, 0.25) is 10.0 Å². The van der Waals surface area contributed by atoms with Crippen molar-refractivity contribution in [3.8, 4) is 0 Å². The third-order valence-corrected chi connectivity index (χ3v) is 7.13. The largest absolute Gasteiger partial charge is 0.419 e. The fourth-order valence-corrected chi connectivity index (χ4v) is 5.27. The first-order valence-electron chi connectivity index (χ1n) is 8.64. The second-order valence-electron chi connectivity index (χ2n) is 6.58. The van der Waals surface area contributed by atoms with Gasteiger partial charge < -0.3 is 4.90 Å². The molecular weight excluding hydrogens is 418 g/mol. The van der Waals surface area contributed by atoms with Gasteiger partial charge in [0.15, 0.2) is 5.69 Å². The SMILES string of the molecule is O=S(=O)(C1CC=C(F)c2nonc21)N1CCN(c2ncccc2C(F)(F)F)CC1. The number of aromatic nitrogens is 3. The Morgan fingerprint density at radius 2 is 1.86 bits per heavy atom. The predicted octanol–water partition coefficient (Wildman–Crippen LogP) is 2.39. The summed E-state index contributed by atoms with van der Waals surface area (Å²) >= 11 is 0. The first-order valence-corrected chi connectivity index (χ1v) is 10.1. The maximum absolute atomic E-state index is 13.8. The Kier molecular flexibility index (Phi) is 4.81. The van der Waals surface area contributed by atoms with Gasteiger partial charge in [-0.3, -0.25) is 0 Å². The number of fused-ring (bicyclic) bond motifs is 1. The molecule has 1 aliphatic carbocycles. The Balaban J connectivity index is 1.53. The maximum atomic E-state index is 13.8. The number of hydrogen-bond acceptors (Lipinski definition) is 7. The van der Waals surface area contributed by atoms with Crippen LogP contribution < -0.4 is 4.90 Å². The van der Waals surface area contributed by atoms with Crippen molar-refractivity contribution < 1.29 is 30.6 Å². The lowest BCUT2D eigenvalue weighted by atomic mass is 10.1. The topological polar surface area (TPSA) is 92.4 Å². The van der Waals surface area contributed by atoms with Gasteiger partial charge in [-0.05, 0) is 29.8 Å². The van der Waals surface area contributed by atoms with Crippen molar-refractivity contribution >= 4 is 21.7 Å². The van der Waals surface area contributed by atoms with Crippen molar-refractivity contribution in [2.75, 3.05) is 31.1 Å². The highest BCUT2D eigenvalue weighted by atomic mass is 32.2. The molecular formula is C16H15F4N5O3S. The van der Waals surface area contributed by atoms with Crippen LogP contribution in [-0.2, 0) is 16.2 Å². The molecule has 0 radical (unpaired) electrons. The average molecular weight is 433 g/mol. The van der Waals surface area contributed by atoms with Crippen LogP contribution in [0.25, 0.3) is 5.83 Å². The Bertz CT molecular complexity index is 1040. The molecule has 2 aromatic rings. The molecule has 156 valence electrons. The summed E-state index contributed by atoms with van der Waals surface area (Å²) in [6.45, 7) is -0.0284. The molecule has 1 fully saturated rings. The normalized spacial score (nSPS) is 21.0. The number of hydrogen-bond donors (Lipinski definition) is 0. The molecule has 0 saturated carbocycles. The van der Waals surface area contributed by atoms with E-state index >= 15 is 0 Å². The maximum Gasteiger partial charge on any atom is 0.419 e. The van der Waals surface area contributed by atoms with Gasteiger partial charge in [-0.15, -0.1) is 0 Å². The van der Waals surface area contributed by atoms with Crippen LogP contribution in [0.2, 0.25) is 0 Å². The van der Waals surface area contributed by atoms with E-state index in [2.05, 4.69) is 19.9 Å². The van der Waals surface area contributed by atoms with Gasteiger partial charge in [0.05, 0.1) is 5.56 Å². The Hall–Kier alpha value is -2.54. The molecule has 0 aromatic carbocycles. The number of piperazine rings is 1. The lowest BCUT2D eigenvalue weighted by Crippen LogP contribution is -2.50. The minimum absolute atomic E-state index is 0.0279. The molecule has 0 N–H and O–H groups in total. The smallest absolute Gasteiger partial charge is 0.353 e. The van der Waals surface area contributed by atoms with E-state index in [9.17, 15) is 26.0 Å². The molecule has 13 heteroatoms. The van der Waals surface area contributed by atoms with Crippen molar-refractivity contribution in [1.29, 1.82) is 0 Å². The molecule has 1 saturated heterocycles. The van der Waals surface area contributed by atoms with Gasteiger partial charge in [0, 0.05) is 32.4 Å². The molecule has 0 amide bonds. The number of pyridine rings is 1. The van der Waals surface area contributed by atoms with Gasteiger partial charge in [0.1, 0.15) is 22.6 Å². The fraction of sp³-hybridized carbons (Fsp3) is 0.438. The van der Waals surface area contributed by atoms with Crippen molar-refractivity contribution in [1.82, 2.24) is 19.6 Å². The van der Waals surface area contributed by atoms with Gasteiger partial charge in [0.25, 0.3) is 0 Å². The molecule has 2 aromatic heterocycles. The minimum Gasteiger partial charge on any atom is -0.353 e. The van der Waals surface area contributed by atoms with Gasteiger partial charge >= 0.3 is 6.18 Å². The molecule has 0 spiro atoms. The average Bonchev–Trinajstić information content (AvgIpc) is 3.18. The molecule has 29 heavy (non-hydrogen) atoms. The molecule has 0 bridgehead atoms. The van der Waals surface area contributed by atoms with Crippen LogP contribution in [0.3, 0.4) is 0 Å². The third kappa shape index (κ3) is 3.48. The van der Waals surface area contributed by atoms with E-state index in [1.807, 2.05) is 0 Å². The Labute approximate surface area is 162 Å². The fourth-order valence-electron chi connectivity index (χ4n) is 3.46. The molecule has 1 aliphatic heterocycles. The molecule has 8 nitrogen and oxygen atoms in total. The number of sulfonamides is 1. The molecule has 2 aliphatic rings. The monoisotopic (exact) mass is 433 g/mol. The van der Waals surface area contributed by atoms with Crippen molar-refractivity contribution in [2.45, 2.75) is 17.8 Å². The minimum atomic E-state index is -4.57. The first-order chi connectivity index (χ1) is 13.7. The molecule has 1 atom stereocenters. The number of anilines is 1. The van der Waals surface area contributed by atoms with E-state index < -0.39 is 32.8 Å². The highest BCUT2D eigenvalue weighted by Gasteiger charge is 2.42. The van der Waals surface area contributed by atoms with Crippen molar-refractivity contribution in [2.24, 2.45) is 0 Å². The highest BCUT2D eigenvalue weighted by molar-refractivity contribution is 7.89. The van der Waals surface area contributed by atoms with Crippen LogP contribution >= 0.6 is 0 Å². The van der Waals surface area contributed by atoms with Crippen LogP contribution in [0.4, 0.5) is 23.4 Å². The quantitative estimate of drug-likeness (QED) is 0.687. The lowest BCUT2D eigenvalue weighted by molar-refractivity contribution is -0.137. The molecule has 1 unspecified atom stereocenters. The highest BCUT2D eigenvalue weighted by Crippen LogP contribution is 2.39. The molecule has 4 rings (SSSR count). The second-order valence-corrected chi connectivity index (χ2v) is 8.69. The Morgan fingerprint density at radius 1 is 1.14 bits per heavy atom. The Morgan fingerprint density at radius 3 is 2.55 bits per heavy atom. The second kappa shape index (κ2) is 7.06. The zero-order chi connectivity index (χ0) is 20.8. The van der Waals surface area contributed by atoms with Crippen LogP contribution in [0.1, 0.15) is 28.6 Å². The summed E-state index contributed by atoms with van der Waals surface area (Å²) in [6, 6.07) is 2.14. The van der Waals surface area contributed by atoms with E-state index in [1.165, 1.54) is 21.5 Å². The summed E-state index contributed by atoms with van der Waals surface area (Å²) < 4.78 is 85.1. The summed E-state index contributed by atoms with van der Waals surface area (Å²) in [5.74, 6) is -0.935. The van der Waals surface area contributed by atoms with Crippen LogP contribution in [-0.4, -0.2) is 54.2 Å². The first kappa shape index (κ1) is 19.8. The zero-order valence-corrected chi connectivity index (χ0v) is 15.6. The summed E-state index contributed by atoms with van der Waals surface area (Å²) in [5, 5.41) is 5.77. The van der Waals surface area contributed by atoms with Crippen LogP contribution in [0, 0.1) is 0 Å². The van der Waals surface area contributed by atoms with Crippen LogP contribution in [0.5, 0.6) is 0 Å². The number of alkyl halides is 3. The van der Waals surface area contributed by atoms with Gasteiger partial charge in [-0.25, -0.2) is 22.4 Å². The van der Waals surface area contributed by atoms with Crippen molar-refractivity contribution in [3.05, 3.63) is 41.4 Å². The van der Waals surface area contributed by atoms with E-state index in [4.69, 9.17) is 0 Å². The van der Waals surface area contributed by atoms with Crippen LogP contribution in [0.15, 0.2) is 29.0 Å². The zero-order valence-electron chi connectivity index (χ0n) is 14.8. The number of halogens is 4. The number of allylic oxidation sites excluding steroid dienone is 1. The summed E-state index contributed by atoms with van der Waals surface area (Å²) in [7, 11) is -3.95. The van der Waals surface area contributed by atoms with E-state index in [-0.39, 0.29) is 49.8 Å². The lowest BCUT2D eigenvalue weighted by Gasteiger charge is -2.37. The number of rotatable bonds is 3. The molecule has 3 heterocycles. The van der Waals surface area contributed by atoms with E-state index in [0.29, 0.717) is 0 Å². The summed E-state index contributed by atoms with van der Waals surface area (Å²) in [4.78, 5) is 5.24. The van der Waals surface area contributed by atoms with Gasteiger partial charge in [-0.1, -0.05) is 5.16 Å². The van der Waals surface area contributed by atoms with Crippen molar-refractivity contribution in [3.63, 3.8) is 0 Å². The standard InChI is InChI=1S/C16H15F4N5O3S/c17-11-3-4-12(14-13(11)22-28-23-14)29(26,27)25-8-6-24(7-9-25)15-10(16(18,19)20)2-1-5-21-15/h1-3,5,12H,4,6-9H2. The van der Waals surface area contributed by atoms with E-state index in [0.717, 1.165) is 12.1 Å². The van der Waals surface area contributed by atoms with E-state index in [1.54, 1.807) is 0 Å². The van der Waals surface area contributed by atoms with Gasteiger partial charge in [-0.2, -0.15) is 17.5 Å². The summed E-state index contributed by atoms with van der Waals surface area (Å²) in [5.41, 5.74) is -1.22. The number of nitrogens with zero attached hydrogens (tertiary/aromatic N) is 5. The summed E-state index contributed by atoms with van der Waals surface area (Å²) in [6.07, 6.45) is -2.33. The third-order valence-electron chi connectivity index (χ3n) is 4.91.